The van der Waals surface area contributed by atoms with E-state index in [-0.39, 0.29) is 24.0 Å². The number of amides is 1. The van der Waals surface area contributed by atoms with Crippen molar-refractivity contribution in [2.75, 3.05) is 19.8 Å². The maximum atomic E-state index is 11.8. The van der Waals surface area contributed by atoms with E-state index in [1.54, 1.807) is 0 Å². The van der Waals surface area contributed by atoms with Crippen LogP contribution in [0.25, 0.3) is 0 Å². The normalized spacial score (nSPS) is 35.6. The van der Waals surface area contributed by atoms with Crippen molar-refractivity contribution in [1.82, 2.24) is 5.32 Å². The molecule has 0 aromatic carbocycles. The number of hydrogen-bond donors (Lipinski definition) is 3. The fraction of sp³-hybridized carbons (Fsp3) is 0.818. The Bertz CT molecular complexity index is 335. The van der Waals surface area contributed by atoms with Crippen LogP contribution in [0, 0.1) is 5.92 Å². The quantitative estimate of drug-likeness (QED) is 0.578. The number of carbonyl (C=O) groups excluding carboxylic acids is 1. The van der Waals surface area contributed by atoms with Crippen LogP contribution in [0.2, 0.25) is 0 Å². The minimum Gasteiger partial charge on any atom is -0.479 e. The highest BCUT2D eigenvalue weighted by atomic mass is 16.5. The average molecular weight is 258 g/mol. The van der Waals surface area contributed by atoms with Crippen LogP contribution in [0.15, 0.2) is 0 Å². The summed E-state index contributed by atoms with van der Waals surface area (Å²) < 4.78 is 10.4. The van der Waals surface area contributed by atoms with Crippen LogP contribution in [-0.2, 0) is 19.1 Å². The Kier molecular flexibility index (Phi) is 4.15. The molecule has 0 saturated carbocycles. The standard InChI is InChI=1S/C11H18N2O5/c12-8-5-17-4-7(8)10(14)13-3-6-1-2-9(18-6)11(15)16/h6-9H,1-5,12H2,(H,13,14)(H,15,16). The van der Waals surface area contributed by atoms with E-state index in [2.05, 4.69) is 5.32 Å². The van der Waals surface area contributed by atoms with Gasteiger partial charge in [-0.25, -0.2) is 4.79 Å². The Hall–Kier alpha value is -1.18. The van der Waals surface area contributed by atoms with Crippen molar-refractivity contribution in [3.63, 3.8) is 0 Å². The Morgan fingerprint density at radius 2 is 2.11 bits per heavy atom. The molecule has 4 atom stereocenters. The predicted octanol–water partition coefficient (Wildman–Crippen LogP) is -1.29. The van der Waals surface area contributed by atoms with E-state index in [9.17, 15) is 9.59 Å². The van der Waals surface area contributed by atoms with E-state index in [4.69, 9.17) is 20.3 Å². The van der Waals surface area contributed by atoms with E-state index in [1.165, 1.54) is 0 Å². The molecule has 2 aliphatic heterocycles. The van der Waals surface area contributed by atoms with E-state index in [0.29, 0.717) is 32.6 Å². The highest BCUT2D eigenvalue weighted by Gasteiger charge is 2.33. The molecule has 1 amide bonds. The molecule has 2 fully saturated rings. The first-order valence-corrected chi connectivity index (χ1v) is 6.07. The minimum atomic E-state index is -0.949. The summed E-state index contributed by atoms with van der Waals surface area (Å²) in [7, 11) is 0. The number of carbonyl (C=O) groups is 2. The monoisotopic (exact) mass is 258 g/mol. The highest BCUT2D eigenvalue weighted by molar-refractivity contribution is 5.79. The molecule has 2 heterocycles. The fourth-order valence-corrected chi connectivity index (χ4v) is 2.22. The first-order chi connectivity index (χ1) is 8.58. The number of nitrogens with one attached hydrogen (secondary N) is 1. The van der Waals surface area contributed by atoms with Crippen molar-refractivity contribution in [3.8, 4) is 0 Å². The lowest BCUT2D eigenvalue weighted by molar-refractivity contribution is -0.149. The Labute approximate surface area is 105 Å². The minimum absolute atomic E-state index is 0.151. The van der Waals surface area contributed by atoms with Crippen molar-refractivity contribution < 1.29 is 24.2 Å². The number of aliphatic carboxylic acids is 1. The summed E-state index contributed by atoms with van der Waals surface area (Å²) in [4.78, 5) is 22.5. The van der Waals surface area contributed by atoms with Crippen LogP contribution >= 0.6 is 0 Å². The number of nitrogens with two attached hydrogens (primary N) is 1. The highest BCUT2D eigenvalue weighted by Crippen LogP contribution is 2.19. The van der Waals surface area contributed by atoms with Crippen LogP contribution < -0.4 is 11.1 Å². The lowest BCUT2D eigenvalue weighted by Gasteiger charge is -2.16. The fourth-order valence-electron chi connectivity index (χ4n) is 2.22. The van der Waals surface area contributed by atoms with E-state index in [0.717, 1.165) is 0 Å². The van der Waals surface area contributed by atoms with Gasteiger partial charge in [0.15, 0.2) is 6.10 Å². The van der Waals surface area contributed by atoms with E-state index >= 15 is 0 Å². The Balaban J connectivity index is 1.72. The van der Waals surface area contributed by atoms with Gasteiger partial charge in [-0.1, -0.05) is 0 Å². The maximum absolute atomic E-state index is 11.8. The average Bonchev–Trinajstić information content (AvgIpc) is 2.94. The number of carboxylic acids is 1. The van der Waals surface area contributed by atoms with Gasteiger partial charge < -0.3 is 25.6 Å². The zero-order valence-corrected chi connectivity index (χ0v) is 10.0. The Morgan fingerprint density at radius 1 is 1.33 bits per heavy atom. The topological polar surface area (TPSA) is 111 Å². The van der Waals surface area contributed by atoms with Gasteiger partial charge in [0.1, 0.15) is 0 Å². The molecule has 0 spiro atoms. The Morgan fingerprint density at radius 3 is 2.67 bits per heavy atom. The molecule has 2 rings (SSSR count). The van der Waals surface area contributed by atoms with E-state index < -0.39 is 12.1 Å². The molecule has 7 nitrogen and oxygen atoms in total. The molecule has 7 heteroatoms. The van der Waals surface area contributed by atoms with Gasteiger partial charge in [-0.05, 0) is 12.8 Å². The number of ether oxygens (including phenoxy) is 2. The SMILES string of the molecule is NC1COCC1C(=O)NCC1CCC(C(=O)O)O1. The van der Waals surface area contributed by atoms with Gasteiger partial charge in [0.2, 0.25) is 5.91 Å². The summed E-state index contributed by atoms with van der Waals surface area (Å²) in [5.41, 5.74) is 5.73. The number of rotatable bonds is 4. The van der Waals surface area contributed by atoms with Crippen molar-refractivity contribution in [1.29, 1.82) is 0 Å². The van der Waals surface area contributed by atoms with Crippen molar-refractivity contribution in [3.05, 3.63) is 0 Å². The summed E-state index contributed by atoms with van der Waals surface area (Å²) in [6, 6.07) is -0.263. The van der Waals surface area contributed by atoms with Gasteiger partial charge in [0, 0.05) is 12.6 Å². The lowest BCUT2D eigenvalue weighted by Crippen LogP contribution is -2.43. The largest absolute Gasteiger partial charge is 0.479 e. The molecular weight excluding hydrogens is 240 g/mol. The molecular formula is C11H18N2O5. The van der Waals surface area contributed by atoms with Crippen molar-refractivity contribution in [2.45, 2.75) is 31.1 Å². The molecule has 0 radical (unpaired) electrons. The van der Waals surface area contributed by atoms with Crippen LogP contribution in [0.1, 0.15) is 12.8 Å². The van der Waals surface area contributed by atoms with Gasteiger partial charge >= 0.3 is 5.97 Å². The summed E-state index contributed by atoms with van der Waals surface area (Å²) in [5.74, 6) is -1.42. The second-order valence-electron chi connectivity index (χ2n) is 4.72. The first-order valence-electron chi connectivity index (χ1n) is 6.07. The smallest absolute Gasteiger partial charge is 0.332 e. The number of hydrogen-bond acceptors (Lipinski definition) is 5. The third-order valence-corrected chi connectivity index (χ3v) is 3.35. The van der Waals surface area contributed by atoms with Crippen LogP contribution in [0.4, 0.5) is 0 Å². The third-order valence-electron chi connectivity index (χ3n) is 3.35. The zero-order valence-electron chi connectivity index (χ0n) is 10.0. The van der Waals surface area contributed by atoms with Gasteiger partial charge in [0.25, 0.3) is 0 Å². The molecule has 0 aliphatic carbocycles. The van der Waals surface area contributed by atoms with Gasteiger partial charge in [0.05, 0.1) is 25.2 Å². The van der Waals surface area contributed by atoms with Crippen molar-refractivity contribution >= 4 is 11.9 Å². The van der Waals surface area contributed by atoms with Crippen molar-refractivity contribution in [2.24, 2.45) is 11.7 Å². The molecule has 18 heavy (non-hydrogen) atoms. The van der Waals surface area contributed by atoms with E-state index in [1.807, 2.05) is 0 Å². The first kappa shape index (κ1) is 13.3. The molecule has 0 aromatic heterocycles. The molecule has 102 valence electrons. The second-order valence-corrected chi connectivity index (χ2v) is 4.72. The van der Waals surface area contributed by atoms with Gasteiger partial charge in [-0.15, -0.1) is 0 Å². The van der Waals surface area contributed by atoms with Gasteiger partial charge in [-0.2, -0.15) is 0 Å². The van der Waals surface area contributed by atoms with Crippen LogP contribution in [0.3, 0.4) is 0 Å². The maximum Gasteiger partial charge on any atom is 0.332 e. The molecule has 2 aliphatic rings. The van der Waals surface area contributed by atoms with Crippen LogP contribution in [0.5, 0.6) is 0 Å². The van der Waals surface area contributed by atoms with Gasteiger partial charge in [-0.3, -0.25) is 4.79 Å². The summed E-state index contributed by atoms with van der Waals surface area (Å²) in [6.07, 6.45) is 0.157. The predicted molar refractivity (Wildman–Crippen MR) is 60.8 cm³/mol. The summed E-state index contributed by atoms with van der Waals surface area (Å²) in [6.45, 7) is 1.07. The summed E-state index contributed by atoms with van der Waals surface area (Å²) in [5, 5.41) is 11.5. The third kappa shape index (κ3) is 2.98. The molecule has 4 N–H and O–H groups in total. The lowest BCUT2D eigenvalue weighted by atomic mass is 10.0. The van der Waals surface area contributed by atoms with Crippen LogP contribution in [-0.4, -0.2) is 55.0 Å². The second kappa shape index (κ2) is 5.64. The zero-order chi connectivity index (χ0) is 13.1. The molecule has 0 bridgehead atoms. The number of carboxylic acid groups (broad SMARTS) is 1. The molecule has 0 aromatic rings. The molecule has 2 saturated heterocycles. The summed E-state index contributed by atoms with van der Waals surface area (Å²) >= 11 is 0. The molecule has 4 unspecified atom stereocenters.